The van der Waals surface area contributed by atoms with Crippen LogP contribution in [0.2, 0.25) is 0 Å². The number of hydrogen-bond donors (Lipinski definition) is 1. The van der Waals surface area contributed by atoms with E-state index in [1.165, 1.54) is 39.8 Å². The van der Waals surface area contributed by atoms with Gasteiger partial charge in [-0.25, -0.2) is 27.8 Å². The third-order valence-electron chi connectivity index (χ3n) is 6.80. The number of ether oxygens (including phenoxy) is 1. The molecule has 2 aromatic heterocycles. The van der Waals surface area contributed by atoms with Crippen molar-refractivity contribution in [3.8, 4) is 28.5 Å². The zero-order chi connectivity index (χ0) is 32.1. The van der Waals surface area contributed by atoms with Crippen molar-refractivity contribution in [3.05, 3.63) is 106 Å². The molecule has 0 spiro atoms. The number of benzene rings is 3. The number of carbonyl (C=O) groups excluding carboxylic acids is 1. The van der Waals surface area contributed by atoms with Crippen molar-refractivity contribution in [2.75, 3.05) is 6.54 Å². The van der Waals surface area contributed by atoms with E-state index >= 15 is 0 Å². The fourth-order valence-corrected chi connectivity index (χ4v) is 5.48. The fourth-order valence-electron chi connectivity index (χ4n) is 4.61. The molecule has 0 saturated carbocycles. The zero-order valence-corrected chi connectivity index (χ0v) is 25.5. The molecule has 0 fully saturated rings. The van der Waals surface area contributed by atoms with Gasteiger partial charge in [-0.05, 0) is 72.3 Å². The molecule has 0 saturated heterocycles. The average molecular weight is 638 g/mol. The summed E-state index contributed by atoms with van der Waals surface area (Å²) in [4.78, 5) is 34.7. The van der Waals surface area contributed by atoms with E-state index in [9.17, 15) is 22.8 Å². The Morgan fingerprint density at radius 2 is 1.76 bits per heavy atom. The molecule has 1 N–H and O–H groups in total. The van der Waals surface area contributed by atoms with Crippen molar-refractivity contribution in [2.24, 2.45) is 4.99 Å². The van der Waals surface area contributed by atoms with E-state index in [1.54, 1.807) is 3.96 Å². The molecule has 0 unspecified atom stereocenters. The molecule has 14 heteroatoms. The number of amides is 2. The Hall–Kier alpha value is -4.98. The van der Waals surface area contributed by atoms with Gasteiger partial charge in [-0.15, -0.1) is 18.3 Å². The van der Waals surface area contributed by atoms with Gasteiger partial charge < -0.3 is 10.1 Å². The molecule has 0 radical (unpaired) electrons. The maximum Gasteiger partial charge on any atom is 0.573 e. The second-order valence-electron chi connectivity index (χ2n) is 10.2. The van der Waals surface area contributed by atoms with Gasteiger partial charge in [-0.3, -0.25) is 0 Å². The molecule has 10 nitrogen and oxygen atoms in total. The summed E-state index contributed by atoms with van der Waals surface area (Å²) in [5.74, 6) is 0.288. The summed E-state index contributed by atoms with van der Waals surface area (Å²) >= 11 is 1.14. The summed E-state index contributed by atoms with van der Waals surface area (Å²) in [6.45, 7) is 6.75. The van der Waals surface area contributed by atoms with Crippen LogP contribution in [0.15, 0.2) is 88.9 Å². The fraction of sp³-hybridized carbons (Fsp3) is 0.258. The Labute approximate surface area is 260 Å². The summed E-state index contributed by atoms with van der Waals surface area (Å²) in [6.07, 6.45) is -2.75. The Bertz CT molecular complexity index is 1900. The zero-order valence-electron chi connectivity index (χ0n) is 24.7. The standard InChI is InChI=1S/C31H30F3N7O3S/c1-4-40-30(43)41(26-8-6-5-7-25(26)20(2)3)29(45-40)37-28(42)35-18-17-21-9-11-22(12-10-21)27-36-19-39(38-27)23-13-15-24(16-14-23)44-31(32,33)34/h5-16,19-20H,4,17-18H2,1-3H3,(H,35,42)/b37-29-. The lowest BCUT2D eigenvalue weighted by Gasteiger charge is -2.12. The first-order valence-corrected chi connectivity index (χ1v) is 14.9. The highest BCUT2D eigenvalue weighted by atomic mass is 32.1. The van der Waals surface area contributed by atoms with Gasteiger partial charge in [0.2, 0.25) is 4.80 Å². The molecule has 2 heterocycles. The molecular formula is C31H30F3N7O3S. The number of carbonyl (C=O) groups is 1. The van der Waals surface area contributed by atoms with Crippen LogP contribution in [0.4, 0.5) is 18.0 Å². The second kappa shape index (κ2) is 13.3. The molecular weight excluding hydrogens is 607 g/mol. The smallest absolute Gasteiger partial charge is 0.406 e. The molecule has 0 aliphatic rings. The van der Waals surface area contributed by atoms with Crippen LogP contribution in [0.25, 0.3) is 22.8 Å². The predicted molar refractivity (Wildman–Crippen MR) is 164 cm³/mol. The minimum Gasteiger partial charge on any atom is -0.406 e. The van der Waals surface area contributed by atoms with E-state index in [2.05, 4.69) is 25.1 Å². The van der Waals surface area contributed by atoms with E-state index in [-0.39, 0.29) is 17.4 Å². The van der Waals surface area contributed by atoms with Crippen molar-refractivity contribution in [1.29, 1.82) is 0 Å². The quantitative estimate of drug-likeness (QED) is 0.218. The molecule has 0 aliphatic heterocycles. The lowest BCUT2D eigenvalue weighted by atomic mass is 10.0. The van der Waals surface area contributed by atoms with Crippen molar-refractivity contribution < 1.29 is 22.7 Å². The Morgan fingerprint density at radius 3 is 2.42 bits per heavy atom. The molecule has 45 heavy (non-hydrogen) atoms. The van der Waals surface area contributed by atoms with Gasteiger partial charge in [0.15, 0.2) is 5.82 Å². The van der Waals surface area contributed by atoms with Gasteiger partial charge in [0.25, 0.3) is 0 Å². The van der Waals surface area contributed by atoms with E-state index in [1.807, 2.05) is 69.3 Å². The highest BCUT2D eigenvalue weighted by Gasteiger charge is 2.31. The van der Waals surface area contributed by atoms with Crippen molar-refractivity contribution in [2.45, 2.75) is 46.0 Å². The first-order valence-electron chi connectivity index (χ1n) is 14.1. The molecule has 0 aliphatic carbocycles. The number of alkyl halides is 3. The van der Waals surface area contributed by atoms with Crippen LogP contribution in [-0.2, 0) is 13.0 Å². The molecule has 234 valence electrons. The van der Waals surface area contributed by atoms with Crippen LogP contribution >= 0.6 is 11.5 Å². The highest BCUT2D eigenvalue weighted by Crippen LogP contribution is 2.24. The molecule has 3 aromatic carbocycles. The number of aromatic nitrogens is 5. The second-order valence-corrected chi connectivity index (χ2v) is 11.2. The van der Waals surface area contributed by atoms with Gasteiger partial charge in [-0.2, -0.15) is 4.99 Å². The van der Waals surface area contributed by atoms with Crippen molar-refractivity contribution in [3.63, 3.8) is 0 Å². The summed E-state index contributed by atoms with van der Waals surface area (Å²) in [5.41, 5.74) is 3.68. The third kappa shape index (κ3) is 7.58. The minimum absolute atomic E-state index is 0.171. The molecule has 5 aromatic rings. The van der Waals surface area contributed by atoms with Gasteiger partial charge in [0.05, 0.1) is 11.4 Å². The van der Waals surface area contributed by atoms with Gasteiger partial charge >= 0.3 is 18.1 Å². The van der Waals surface area contributed by atoms with E-state index in [4.69, 9.17) is 0 Å². The van der Waals surface area contributed by atoms with Crippen LogP contribution in [0, 0.1) is 0 Å². The first kappa shape index (κ1) is 31.4. The topological polar surface area (TPSA) is 108 Å². The number of nitrogens with one attached hydrogen (secondary N) is 1. The monoisotopic (exact) mass is 637 g/mol. The van der Waals surface area contributed by atoms with Gasteiger partial charge in [0.1, 0.15) is 12.1 Å². The molecule has 0 atom stereocenters. The number of para-hydroxylation sites is 1. The van der Waals surface area contributed by atoms with Crippen LogP contribution in [0.1, 0.15) is 37.8 Å². The van der Waals surface area contributed by atoms with Crippen LogP contribution < -0.4 is 20.5 Å². The number of halogens is 3. The maximum atomic E-state index is 13.1. The lowest BCUT2D eigenvalue weighted by Crippen LogP contribution is -2.31. The summed E-state index contributed by atoms with van der Waals surface area (Å²) in [7, 11) is 0. The minimum atomic E-state index is -4.76. The number of rotatable bonds is 9. The highest BCUT2D eigenvalue weighted by molar-refractivity contribution is 7.03. The summed E-state index contributed by atoms with van der Waals surface area (Å²) in [5, 5.41) is 7.22. The summed E-state index contributed by atoms with van der Waals surface area (Å²) in [6, 6.07) is 19.9. The van der Waals surface area contributed by atoms with Crippen LogP contribution in [-0.4, -0.2) is 42.2 Å². The SMILES string of the molecule is CCn1s/c(=N\C(=O)NCCc2ccc(-c3ncn(-c4ccc(OC(F)(F)F)cc4)n3)cc2)n(-c2ccccc2C(C)C)c1=O. The first-order chi connectivity index (χ1) is 21.5. The maximum absolute atomic E-state index is 13.1. The normalized spacial score (nSPS) is 12.1. The summed E-state index contributed by atoms with van der Waals surface area (Å²) < 4.78 is 45.6. The number of nitrogens with zero attached hydrogens (tertiary/aromatic N) is 6. The van der Waals surface area contributed by atoms with E-state index in [0.29, 0.717) is 41.5 Å². The number of urea groups is 1. The Morgan fingerprint density at radius 1 is 1.04 bits per heavy atom. The third-order valence-corrected chi connectivity index (χ3v) is 7.87. The van der Waals surface area contributed by atoms with E-state index in [0.717, 1.165) is 28.2 Å². The number of aryl methyl sites for hydroxylation is 1. The molecule has 2 amide bonds. The van der Waals surface area contributed by atoms with Gasteiger partial charge in [0, 0.05) is 18.7 Å². The largest absolute Gasteiger partial charge is 0.573 e. The lowest BCUT2D eigenvalue weighted by molar-refractivity contribution is -0.274. The molecule has 0 bridgehead atoms. The van der Waals surface area contributed by atoms with Gasteiger partial charge in [-0.1, -0.05) is 56.3 Å². The average Bonchev–Trinajstić information content (AvgIpc) is 3.62. The number of hydrogen-bond acceptors (Lipinski definition) is 6. The Balaban J connectivity index is 1.22. The van der Waals surface area contributed by atoms with Crippen LogP contribution in [0.3, 0.4) is 0 Å². The van der Waals surface area contributed by atoms with Crippen LogP contribution in [0.5, 0.6) is 5.75 Å². The molecule has 5 rings (SSSR count). The van der Waals surface area contributed by atoms with Crippen molar-refractivity contribution in [1.82, 2.24) is 28.6 Å². The van der Waals surface area contributed by atoms with Crippen molar-refractivity contribution >= 4 is 17.6 Å². The Kier molecular flexibility index (Phi) is 9.32. The van der Waals surface area contributed by atoms with E-state index < -0.39 is 12.4 Å². The predicted octanol–water partition coefficient (Wildman–Crippen LogP) is 5.84.